The zero-order valence-electron chi connectivity index (χ0n) is 6.43. The molecular formula is C7H10N2O2S. The molecule has 0 aromatic carbocycles. The SMILES string of the molecule is NC(CC(=O)O)Cc1cncs1. The molecule has 1 heterocycles. The summed E-state index contributed by atoms with van der Waals surface area (Å²) in [6.07, 6.45) is 2.32. The second kappa shape index (κ2) is 4.18. The highest BCUT2D eigenvalue weighted by molar-refractivity contribution is 7.09. The number of carbonyl (C=O) groups is 1. The fourth-order valence-electron chi connectivity index (χ4n) is 0.898. The molecule has 66 valence electrons. The van der Waals surface area contributed by atoms with E-state index >= 15 is 0 Å². The molecular weight excluding hydrogens is 176 g/mol. The van der Waals surface area contributed by atoms with E-state index in [2.05, 4.69) is 4.98 Å². The minimum absolute atomic E-state index is 0.0118. The van der Waals surface area contributed by atoms with Gasteiger partial charge in [0.1, 0.15) is 0 Å². The van der Waals surface area contributed by atoms with Crippen molar-refractivity contribution in [2.24, 2.45) is 5.73 Å². The zero-order chi connectivity index (χ0) is 8.97. The maximum Gasteiger partial charge on any atom is 0.304 e. The van der Waals surface area contributed by atoms with E-state index in [9.17, 15) is 4.79 Å². The molecule has 0 aliphatic heterocycles. The van der Waals surface area contributed by atoms with Crippen LogP contribution in [0.4, 0.5) is 0 Å². The van der Waals surface area contributed by atoms with Gasteiger partial charge in [0.2, 0.25) is 0 Å². The van der Waals surface area contributed by atoms with Gasteiger partial charge in [-0.3, -0.25) is 9.78 Å². The van der Waals surface area contributed by atoms with E-state index < -0.39 is 5.97 Å². The summed E-state index contributed by atoms with van der Waals surface area (Å²) < 4.78 is 0. The van der Waals surface area contributed by atoms with E-state index in [4.69, 9.17) is 10.8 Å². The Hall–Kier alpha value is -0.940. The number of aliphatic carboxylic acids is 1. The fraction of sp³-hybridized carbons (Fsp3) is 0.429. The van der Waals surface area contributed by atoms with E-state index in [1.165, 1.54) is 11.3 Å². The summed E-state index contributed by atoms with van der Waals surface area (Å²) in [5.74, 6) is -0.855. The molecule has 1 aromatic heterocycles. The van der Waals surface area contributed by atoms with E-state index in [0.29, 0.717) is 6.42 Å². The molecule has 0 fully saturated rings. The molecule has 1 atom stereocenters. The number of carboxylic acids is 1. The summed E-state index contributed by atoms with van der Waals surface area (Å²) in [6, 6.07) is -0.303. The highest BCUT2D eigenvalue weighted by atomic mass is 32.1. The summed E-state index contributed by atoms with van der Waals surface area (Å²) in [7, 11) is 0. The van der Waals surface area contributed by atoms with Crippen LogP contribution in [0.3, 0.4) is 0 Å². The van der Waals surface area contributed by atoms with Gasteiger partial charge >= 0.3 is 5.97 Å². The molecule has 0 radical (unpaired) electrons. The lowest BCUT2D eigenvalue weighted by molar-refractivity contribution is -0.137. The Morgan fingerprint density at radius 2 is 2.58 bits per heavy atom. The molecule has 1 rings (SSSR count). The van der Waals surface area contributed by atoms with Crippen molar-refractivity contribution in [2.75, 3.05) is 0 Å². The number of nitrogens with zero attached hydrogens (tertiary/aromatic N) is 1. The largest absolute Gasteiger partial charge is 0.481 e. The molecule has 4 nitrogen and oxygen atoms in total. The van der Waals surface area contributed by atoms with Gasteiger partial charge in [0.15, 0.2) is 0 Å². The predicted molar refractivity (Wildman–Crippen MR) is 46.0 cm³/mol. The van der Waals surface area contributed by atoms with E-state index in [1.54, 1.807) is 11.7 Å². The molecule has 0 bridgehead atoms. The first-order valence-electron chi connectivity index (χ1n) is 3.53. The Balaban J connectivity index is 2.36. The molecule has 0 spiro atoms. The Morgan fingerprint density at radius 3 is 3.08 bits per heavy atom. The van der Waals surface area contributed by atoms with Gasteiger partial charge in [-0.1, -0.05) is 0 Å². The van der Waals surface area contributed by atoms with Crippen molar-refractivity contribution in [3.63, 3.8) is 0 Å². The molecule has 0 saturated heterocycles. The second-order valence-corrected chi connectivity index (χ2v) is 3.50. The van der Waals surface area contributed by atoms with E-state index in [1.807, 2.05) is 0 Å². The molecule has 1 aromatic rings. The second-order valence-electron chi connectivity index (χ2n) is 2.53. The Labute approximate surface area is 74.0 Å². The number of thiazole rings is 1. The van der Waals surface area contributed by atoms with Gasteiger partial charge in [-0.05, 0) is 6.42 Å². The summed E-state index contributed by atoms with van der Waals surface area (Å²) in [5.41, 5.74) is 7.28. The summed E-state index contributed by atoms with van der Waals surface area (Å²) in [4.78, 5) is 15.1. The van der Waals surface area contributed by atoms with E-state index in [0.717, 1.165) is 4.88 Å². The van der Waals surface area contributed by atoms with Crippen molar-refractivity contribution in [1.29, 1.82) is 0 Å². The molecule has 0 aliphatic carbocycles. The minimum Gasteiger partial charge on any atom is -0.481 e. The van der Waals surface area contributed by atoms with Crippen LogP contribution in [-0.4, -0.2) is 22.1 Å². The van der Waals surface area contributed by atoms with Crippen LogP contribution in [0.15, 0.2) is 11.7 Å². The average molecular weight is 186 g/mol. The number of nitrogens with two attached hydrogens (primary N) is 1. The molecule has 0 aliphatic rings. The van der Waals surface area contributed by atoms with Crippen molar-refractivity contribution in [3.8, 4) is 0 Å². The first-order chi connectivity index (χ1) is 5.68. The van der Waals surface area contributed by atoms with Crippen LogP contribution in [0, 0.1) is 0 Å². The Bertz CT molecular complexity index is 248. The Kier molecular flexibility index (Phi) is 3.19. The zero-order valence-corrected chi connectivity index (χ0v) is 7.25. The molecule has 0 saturated carbocycles. The van der Waals surface area contributed by atoms with Crippen molar-refractivity contribution >= 4 is 17.3 Å². The normalized spacial score (nSPS) is 12.8. The van der Waals surface area contributed by atoms with Gasteiger partial charge < -0.3 is 10.8 Å². The van der Waals surface area contributed by atoms with Crippen molar-refractivity contribution in [2.45, 2.75) is 18.9 Å². The van der Waals surface area contributed by atoms with Crippen molar-refractivity contribution in [3.05, 3.63) is 16.6 Å². The number of hydrogen-bond donors (Lipinski definition) is 2. The Morgan fingerprint density at radius 1 is 1.83 bits per heavy atom. The molecule has 5 heteroatoms. The molecule has 3 N–H and O–H groups in total. The highest BCUT2D eigenvalue weighted by Crippen LogP contribution is 2.08. The van der Waals surface area contributed by atoms with Gasteiger partial charge in [0.05, 0.1) is 11.9 Å². The lowest BCUT2D eigenvalue weighted by atomic mass is 10.1. The van der Waals surface area contributed by atoms with Crippen LogP contribution in [0.2, 0.25) is 0 Å². The number of rotatable bonds is 4. The summed E-state index contributed by atoms with van der Waals surface area (Å²) >= 11 is 1.49. The average Bonchev–Trinajstić information content (AvgIpc) is 2.37. The number of aromatic nitrogens is 1. The topological polar surface area (TPSA) is 76.2 Å². The molecule has 12 heavy (non-hydrogen) atoms. The standard InChI is InChI=1S/C7H10N2O2S/c8-5(2-7(10)11)1-6-3-9-4-12-6/h3-5H,1-2,8H2,(H,10,11). The highest BCUT2D eigenvalue weighted by Gasteiger charge is 2.09. The van der Waals surface area contributed by atoms with Gasteiger partial charge in [-0.25, -0.2) is 0 Å². The van der Waals surface area contributed by atoms with Gasteiger partial charge in [0.25, 0.3) is 0 Å². The maximum atomic E-state index is 10.2. The van der Waals surface area contributed by atoms with Crippen molar-refractivity contribution in [1.82, 2.24) is 4.98 Å². The minimum atomic E-state index is -0.855. The first-order valence-corrected chi connectivity index (χ1v) is 4.41. The maximum absolute atomic E-state index is 10.2. The lowest BCUT2D eigenvalue weighted by Gasteiger charge is -2.05. The monoisotopic (exact) mass is 186 g/mol. The third-order valence-electron chi connectivity index (χ3n) is 1.38. The van der Waals surface area contributed by atoms with Crippen LogP contribution in [0.1, 0.15) is 11.3 Å². The predicted octanol–water partition coefficient (Wildman–Crippen LogP) is 0.488. The quantitative estimate of drug-likeness (QED) is 0.717. The lowest BCUT2D eigenvalue weighted by Crippen LogP contribution is -2.25. The van der Waals surface area contributed by atoms with Crippen LogP contribution in [0.5, 0.6) is 0 Å². The molecule has 0 amide bonds. The number of carboxylic acid groups (broad SMARTS) is 1. The van der Waals surface area contributed by atoms with Gasteiger partial charge in [0, 0.05) is 17.1 Å². The van der Waals surface area contributed by atoms with Crippen LogP contribution < -0.4 is 5.73 Å². The molecule has 1 unspecified atom stereocenters. The summed E-state index contributed by atoms with van der Waals surface area (Å²) in [6.45, 7) is 0. The fourth-order valence-corrected chi connectivity index (χ4v) is 1.59. The smallest absolute Gasteiger partial charge is 0.304 e. The van der Waals surface area contributed by atoms with Crippen LogP contribution in [0.25, 0.3) is 0 Å². The third kappa shape index (κ3) is 2.98. The first kappa shape index (κ1) is 9.15. The van der Waals surface area contributed by atoms with E-state index in [-0.39, 0.29) is 12.5 Å². The van der Waals surface area contributed by atoms with Crippen LogP contribution in [-0.2, 0) is 11.2 Å². The van der Waals surface area contributed by atoms with Gasteiger partial charge in [-0.2, -0.15) is 0 Å². The van der Waals surface area contributed by atoms with Crippen molar-refractivity contribution < 1.29 is 9.90 Å². The summed E-state index contributed by atoms with van der Waals surface area (Å²) in [5, 5.41) is 8.42. The third-order valence-corrected chi connectivity index (χ3v) is 2.19. The number of hydrogen-bond acceptors (Lipinski definition) is 4. The van der Waals surface area contributed by atoms with Crippen LogP contribution >= 0.6 is 11.3 Å². The van der Waals surface area contributed by atoms with Gasteiger partial charge in [-0.15, -0.1) is 11.3 Å².